The third-order valence-corrected chi connectivity index (χ3v) is 6.56. The standard InChI is InChI=1S/C19H21BrN6O2S/c1-27-17-12(13(10-6-7-10)21-9-22-17)15-23-16-14(18(24-15)29-2)26(19(20)25-16)11-5-3-4-8-28-11/h9-11H,3-8H2,1-2H3. The van der Waals surface area contributed by atoms with Crippen molar-refractivity contribution in [3.05, 3.63) is 16.8 Å². The van der Waals surface area contributed by atoms with E-state index in [-0.39, 0.29) is 6.23 Å². The zero-order chi connectivity index (χ0) is 20.0. The van der Waals surface area contributed by atoms with Crippen LogP contribution in [0.25, 0.3) is 22.6 Å². The summed E-state index contributed by atoms with van der Waals surface area (Å²) in [7, 11) is 1.61. The molecule has 0 amide bonds. The van der Waals surface area contributed by atoms with E-state index in [2.05, 4.69) is 35.4 Å². The molecular formula is C19H21BrN6O2S. The van der Waals surface area contributed by atoms with E-state index >= 15 is 0 Å². The third-order valence-electron chi connectivity index (χ3n) is 5.33. The van der Waals surface area contributed by atoms with Crippen molar-refractivity contribution >= 4 is 38.9 Å². The summed E-state index contributed by atoms with van der Waals surface area (Å²) in [6, 6.07) is 0. The third kappa shape index (κ3) is 3.40. The molecule has 1 unspecified atom stereocenters. The van der Waals surface area contributed by atoms with E-state index in [4.69, 9.17) is 19.4 Å². The second-order valence-corrected chi connectivity index (χ2v) is 8.72. The molecule has 3 aromatic heterocycles. The van der Waals surface area contributed by atoms with Gasteiger partial charge in [0.2, 0.25) is 5.88 Å². The quantitative estimate of drug-likeness (QED) is 0.305. The highest BCUT2D eigenvalue weighted by atomic mass is 79.9. The number of ether oxygens (including phenoxy) is 2. The highest BCUT2D eigenvalue weighted by molar-refractivity contribution is 9.10. The lowest BCUT2D eigenvalue weighted by atomic mass is 10.1. The Morgan fingerprint density at radius 3 is 2.72 bits per heavy atom. The Morgan fingerprint density at radius 2 is 2.03 bits per heavy atom. The van der Waals surface area contributed by atoms with Gasteiger partial charge >= 0.3 is 0 Å². The first kappa shape index (κ1) is 19.2. The van der Waals surface area contributed by atoms with Gasteiger partial charge in [-0.25, -0.2) is 24.9 Å². The van der Waals surface area contributed by atoms with E-state index in [1.54, 1.807) is 25.2 Å². The predicted molar refractivity (Wildman–Crippen MR) is 113 cm³/mol. The van der Waals surface area contributed by atoms with Crippen molar-refractivity contribution in [3.63, 3.8) is 0 Å². The number of nitrogens with zero attached hydrogens (tertiary/aromatic N) is 6. The molecule has 0 N–H and O–H groups in total. The normalized spacial score (nSPS) is 19.6. The molecule has 0 spiro atoms. The van der Waals surface area contributed by atoms with E-state index in [0.717, 1.165) is 60.5 Å². The fourth-order valence-corrected chi connectivity index (χ4v) is 4.94. The van der Waals surface area contributed by atoms with E-state index in [1.165, 1.54) is 0 Å². The monoisotopic (exact) mass is 476 g/mol. The zero-order valence-electron chi connectivity index (χ0n) is 16.3. The minimum Gasteiger partial charge on any atom is -0.480 e. The van der Waals surface area contributed by atoms with E-state index in [0.29, 0.717) is 28.0 Å². The van der Waals surface area contributed by atoms with Crippen molar-refractivity contribution in [3.8, 4) is 17.3 Å². The number of methoxy groups -OCH3 is 1. The number of hydrogen-bond donors (Lipinski definition) is 0. The Bertz CT molecular complexity index is 1060. The molecule has 1 aliphatic heterocycles. The van der Waals surface area contributed by atoms with Crippen LogP contribution in [0.2, 0.25) is 0 Å². The predicted octanol–water partition coefficient (Wildman–Crippen LogP) is 4.35. The Balaban J connectivity index is 1.70. The van der Waals surface area contributed by atoms with E-state index in [1.807, 2.05) is 6.26 Å². The number of fused-ring (bicyclic) bond motifs is 1. The summed E-state index contributed by atoms with van der Waals surface area (Å²) in [5, 5.41) is 0.852. The number of halogens is 1. The van der Waals surface area contributed by atoms with Crippen LogP contribution >= 0.6 is 27.7 Å². The Hall–Kier alpha value is -1.78. The van der Waals surface area contributed by atoms with Crippen molar-refractivity contribution in [2.24, 2.45) is 0 Å². The molecule has 2 fully saturated rings. The number of aromatic nitrogens is 6. The van der Waals surface area contributed by atoms with Crippen LogP contribution in [0.1, 0.15) is 49.9 Å². The summed E-state index contributed by atoms with van der Waals surface area (Å²) in [4.78, 5) is 23.2. The van der Waals surface area contributed by atoms with Gasteiger partial charge in [-0.15, -0.1) is 11.8 Å². The van der Waals surface area contributed by atoms with Gasteiger partial charge in [0.15, 0.2) is 16.2 Å². The molecule has 1 saturated carbocycles. The average molecular weight is 477 g/mol. The van der Waals surface area contributed by atoms with Gasteiger partial charge in [-0.05, 0) is 54.3 Å². The average Bonchev–Trinajstić information content (AvgIpc) is 3.55. The molecule has 5 rings (SSSR count). The van der Waals surface area contributed by atoms with Crippen molar-refractivity contribution < 1.29 is 9.47 Å². The maximum absolute atomic E-state index is 6.01. The molecule has 8 nitrogen and oxygen atoms in total. The van der Waals surface area contributed by atoms with Gasteiger partial charge < -0.3 is 9.47 Å². The highest BCUT2D eigenvalue weighted by Gasteiger charge is 2.32. The van der Waals surface area contributed by atoms with Crippen LogP contribution in [0, 0.1) is 0 Å². The fraction of sp³-hybridized carbons (Fsp3) is 0.526. The first-order valence-electron chi connectivity index (χ1n) is 9.71. The number of thioether (sulfide) groups is 1. The maximum atomic E-state index is 6.01. The van der Waals surface area contributed by atoms with Crippen molar-refractivity contribution in [1.82, 2.24) is 29.5 Å². The summed E-state index contributed by atoms with van der Waals surface area (Å²) < 4.78 is 14.3. The van der Waals surface area contributed by atoms with Gasteiger partial charge in [0.1, 0.15) is 28.7 Å². The highest BCUT2D eigenvalue weighted by Crippen LogP contribution is 2.45. The van der Waals surface area contributed by atoms with Crippen molar-refractivity contribution in [2.75, 3.05) is 20.0 Å². The molecule has 1 atom stereocenters. The van der Waals surface area contributed by atoms with Gasteiger partial charge in [0, 0.05) is 12.5 Å². The summed E-state index contributed by atoms with van der Waals surface area (Å²) in [6.45, 7) is 0.758. The van der Waals surface area contributed by atoms with Crippen LogP contribution in [-0.4, -0.2) is 49.5 Å². The van der Waals surface area contributed by atoms with Gasteiger partial charge in [-0.2, -0.15) is 0 Å². The molecule has 29 heavy (non-hydrogen) atoms. The molecule has 1 saturated heterocycles. The zero-order valence-corrected chi connectivity index (χ0v) is 18.7. The van der Waals surface area contributed by atoms with Crippen molar-refractivity contribution in [2.45, 2.75) is 49.3 Å². The minimum atomic E-state index is -0.0555. The molecule has 4 heterocycles. The van der Waals surface area contributed by atoms with Gasteiger partial charge in [0.05, 0.1) is 12.8 Å². The maximum Gasteiger partial charge on any atom is 0.227 e. The van der Waals surface area contributed by atoms with Gasteiger partial charge in [0.25, 0.3) is 0 Å². The second kappa shape index (κ2) is 7.81. The van der Waals surface area contributed by atoms with Crippen LogP contribution in [0.5, 0.6) is 5.88 Å². The lowest BCUT2D eigenvalue weighted by Crippen LogP contribution is -2.18. The molecule has 0 bridgehead atoms. The van der Waals surface area contributed by atoms with Crippen LogP contribution in [0.4, 0.5) is 0 Å². The molecule has 0 radical (unpaired) electrons. The van der Waals surface area contributed by atoms with E-state index in [9.17, 15) is 0 Å². The fourth-order valence-electron chi connectivity index (χ4n) is 3.80. The van der Waals surface area contributed by atoms with Crippen LogP contribution in [0.15, 0.2) is 16.1 Å². The Labute approximate surface area is 181 Å². The van der Waals surface area contributed by atoms with Gasteiger partial charge in [-0.1, -0.05) is 0 Å². The summed E-state index contributed by atoms with van der Waals surface area (Å²) in [6.07, 6.45) is 8.91. The second-order valence-electron chi connectivity index (χ2n) is 7.22. The van der Waals surface area contributed by atoms with Gasteiger partial charge in [-0.3, -0.25) is 4.57 Å². The molecule has 152 valence electrons. The lowest BCUT2D eigenvalue weighted by Gasteiger charge is -2.25. The Morgan fingerprint density at radius 1 is 1.17 bits per heavy atom. The summed E-state index contributed by atoms with van der Waals surface area (Å²) in [5.74, 6) is 1.48. The van der Waals surface area contributed by atoms with Crippen molar-refractivity contribution in [1.29, 1.82) is 0 Å². The number of imidazole rings is 1. The van der Waals surface area contributed by atoms with Crippen LogP contribution in [-0.2, 0) is 4.74 Å². The molecule has 0 aromatic carbocycles. The molecule has 10 heteroatoms. The topological polar surface area (TPSA) is 87.8 Å². The van der Waals surface area contributed by atoms with Crippen LogP contribution < -0.4 is 4.74 Å². The molecular weight excluding hydrogens is 456 g/mol. The minimum absolute atomic E-state index is 0.0555. The molecule has 2 aliphatic rings. The SMILES string of the molecule is COc1ncnc(C2CC2)c1-c1nc(SC)c2c(n1)nc(Br)n2C1CCCCO1. The first-order valence-corrected chi connectivity index (χ1v) is 11.7. The molecule has 1 aliphatic carbocycles. The van der Waals surface area contributed by atoms with Crippen LogP contribution in [0.3, 0.4) is 0 Å². The number of hydrogen-bond acceptors (Lipinski definition) is 8. The largest absolute Gasteiger partial charge is 0.480 e. The first-order chi connectivity index (χ1) is 14.2. The van der Waals surface area contributed by atoms with E-state index < -0.39 is 0 Å². The lowest BCUT2D eigenvalue weighted by molar-refractivity contribution is -0.0310. The summed E-state index contributed by atoms with van der Waals surface area (Å²) in [5.41, 5.74) is 3.25. The Kier molecular flexibility index (Phi) is 5.17. The molecule has 3 aromatic rings. The smallest absolute Gasteiger partial charge is 0.227 e. The number of rotatable bonds is 5. The summed E-state index contributed by atoms with van der Waals surface area (Å²) >= 11 is 5.18.